The molecule has 0 radical (unpaired) electrons. The van der Waals surface area contributed by atoms with Crippen molar-refractivity contribution in [2.75, 3.05) is 32.7 Å². The molecule has 9 heteroatoms. The molecule has 0 heterocycles. The lowest BCUT2D eigenvalue weighted by atomic mass is 9.96. The van der Waals surface area contributed by atoms with Gasteiger partial charge in [-0.25, -0.2) is 0 Å². The zero-order valence-electron chi connectivity index (χ0n) is 22.2. The maximum Gasteiger partial charge on any atom is 0.319 e. The molecule has 0 saturated carbocycles. The number of allylic oxidation sites excluding steroid dienone is 1. The molecule has 0 saturated heterocycles. The largest absolute Gasteiger partial charge is 0.495 e. The van der Waals surface area contributed by atoms with Crippen molar-refractivity contribution in [3.8, 4) is 23.3 Å². The molecule has 2 rings (SSSR count). The van der Waals surface area contributed by atoms with E-state index in [1.54, 1.807) is 58.2 Å². The quantitative estimate of drug-likeness (QED) is 0.260. The Morgan fingerprint density at radius 3 is 2.22 bits per heavy atom. The lowest BCUT2D eigenvalue weighted by Crippen LogP contribution is -2.36. The number of ether oxygens (including phenoxy) is 4. The van der Waals surface area contributed by atoms with Crippen molar-refractivity contribution >= 4 is 23.1 Å². The van der Waals surface area contributed by atoms with Gasteiger partial charge in [0.25, 0.3) is 0 Å². The van der Waals surface area contributed by atoms with Crippen LogP contribution in [-0.2, 0) is 14.3 Å². The number of benzene rings is 2. The summed E-state index contributed by atoms with van der Waals surface area (Å²) in [5.41, 5.74) is 7.18. The molecule has 0 aliphatic heterocycles. The average Bonchev–Trinajstić information content (AvgIpc) is 2.84. The van der Waals surface area contributed by atoms with E-state index in [1.807, 2.05) is 13.0 Å². The summed E-state index contributed by atoms with van der Waals surface area (Å²) < 4.78 is 21.9. The Morgan fingerprint density at radius 2 is 1.68 bits per heavy atom. The molecule has 3 N–H and O–H groups in total. The van der Waals surface area contributed by atoms with Crippen molar-refractivity contribution < 1.29 is 28.5 Å². The van der Waals surface area contributed by atoms with Gasteiger partial charge in [0.15, 0.2) is 11.5 Å². The molecule has 1 amide bonds. The summed E-state index contributed by atoms with van der Waals surface area (Å²) in [7, 11) is 3.02. The third-order valence-electron chi connectivity index (χ3n) is 5.21. The Morgan fingerprint density at radius 1 is 1.05 bits per heavy atom. The highest BCUT2D eigenvalue weighted by molar-refractivity contribution is 6.05. The Balaban J connectivity index is 2.48. The number of carbonyl (C=O) groups is 2. The summed E-state index contributed by atoms with van der Waals surface area (Å²) in [5.74, 6) is -0.828. The average molecular weight is 510 g/mol. The SMILES string of the molecule is CCOc1cc(C(=CC#N)c2ccc(OC)c(NC(=O)C(CCN)C(=O)OC(C)(C)C)c2)ccc1OC. The topological polar surface area (TPSA) is 133 Å². The van der Waals surface area contributed by atoms with E-state index in [0.29, 0.717) is 46.2 Å². The smallest absolute Gasteiger partial charge is 0.319 e. The zero-order valence-corrected chi connectivity index (χ0v) is 22.2. The van der Waals surface area contributed by atoms with Gasteiger partial charge in [0, 0.05) is 6.08 Å². The van der Waals surface area contributed by atoms with E-state index in [2.05, 4.69) is 11.4 Å². The monoisotopic (exact) mass is 509 g/mol. The van der Waals surface area contributed by atoms with Crippen molar-refractivity contribution in [1.29, 1.82) is 5.26 Å². The van der Waals surface area contributed by atoms with Gasteiger partial charge in [-0.15, -0.1) is 0 Å². The molecule has 0 fully saturated rings. The number of nitrogens with two attached hydrogens (primary N) is 1. The molecule has 2 aromatic carbocycles. The van der Waals surface area contributed by atoms with E-state index in [1.165, 1.54) is 13.2 Å². The van der Waals surface area contributed by atoms with Gasteiger partial charge in [0.2, 0.25) is 5.91 Å². The minimum atomic E-state index is -1.10. The second kappa shape index (κ2) is 13.3. The highest BCUT2D eigenvalue weighted by Gasteiger charge is 2.31. The number of esters is 1. The van der Waals surface area contributed by atoms with Gasteiger partial charge in [-0.05, 0) is 81.6 Å². The van der Waals surface area contributed by atoms with Crippen LogP contribution in [0.5, 0.6) is 17.2 Å². The van der Waals surface area contributed by atoms with Gasteiger partial charge in [0.1, 0.15) is 17.3 Å². The number of nitrogens with one attached hydrogen (secondary N) is 1. The molecule has 1 atom stereocenters. The van der Waals surface area contributed by atoms with Gasteiger partial charge in [-0.1, -0.05) is 12.1 Å². The van der Waals surface area contributed by atoms with E-state index < -0.39 is 23.4 Å². The van der Waals surface area contributed by atoms with Crippen LogP contribution in [0.25, 0.3) is 5.57 Å². The number of methoxy groups -OCH3 is 2. The Kier molecular flexibility index (Phi) is 10.5. The summed E-state index contributed by atoms with van der Waals surface area (Å²) in [6.45, 7) is 7.63. The Bertz CT molecular complexity index is 1180. The van der Waals surface area contributed by atoms with Crippen molar-refractivity contribution in [2.24, 2.45) is 11.7 Å². The molecular formula is C28H35N3O6. The van der Waals surface area contributed by atoms with Crippen molar-refractivity contribution in [1.82, 2.24) is 0 Å². The summed E-state index contributed by atoms with van der Waals surface area (Å²) >= 11 is 0. The molecule has 198 valence electrons. The van der Waals surface area contributed by atoms with Crippen LogP contribution in [0.1, 0.15) is 45.2 Å². The number of nitriles is 1. The first kappa shape index (κ1) is 29.2. The first-order valence-corrected chi connectivity index (χ1v) is 11.9. The number of anilines is 1. The van der Waals surface area contributed by atoms with Crippen molar-refractivity contribution in [2.45, 2.75) is 39.7 Å². The molecular weight excluding hydrogens is 474 g/mol. The van der Waals surface area contributed by atoms with Gasteiger partial charge in [-0.3, -0.25) is 9.59 Å². The predicted molar refractivity (Wildman–Crippen MR) is 141 cm³/mol. The molecule has 0 aromatic heterocycles. The Labute approximate surface area is 218 Å². The summed E-state index contributed by atoms with van der Waals surface area (Å²) in [5, 5.41) is 12.3. The maximum atomic E-state index is 13.1. The standard InChI is InChI=1S/C28H35N3O6/c1-7-36-25-17-19(9-11-24(25)35-6)20(12-14-29)18-8-10-23(34-5)22(16-18)31-26(32)21(13-15-30)27(33)37-28(2,3)4/h8-12,16-17,21H,7,13,15,30H2,1-6H3,(H,31,32). The van der Waals surface area contributed by atoms with Crippen LogP contribution >= 0.6 is 0 Å². The lowest BCUT2D eigenvalue weighted by Gasteiger charge is -2.23. The van der Waals surface area contributed by atoms with E-state index in [0.717, 1.165) is 0 Å². The van der Waals surface area contributed by atoms with Crippen LogP contribution in [-0.4, -0.2) is 44.8 Å². The predicted octanol–water partition coefficient (Wildman–Crippen LogP) is 4.30. The molecule has 1 unspecified atom stereocenters. The van der Waals surface area contributed by atoms with Gasteiger partial charge < -0.3 is 30.0 Å². The fourth-order valence-corrected chi connectivity index (χ4v) is 3.60. The van der Waals surface area contributed by atoms with E-state index in [-0.39, 0.29) is 13.0 Å². The van der Waals surface area contributed by atoms with Crippen LogP contribution in [0.15, 0.2) is 42.5 Å². The molecule has 0 aliphatic carbocycles. The fourth-order valence-electron chi connectivity index (χ4n) is 3.60. The fraction of sp³-hybridized carbons (Fsp3) is 0.393. The highest BCUT2D eigenvalue weighted by atomic mass is 16.6. The van der Waals surface area contributed by atoms with Gasteiger partial charge in [0.05, 0.1) is 32.6 Å². The van der Waals surface area contributed by atoms with Gasteiger partial charge in [-0.2, -0.15) is 5.26 Å². The molecule has 0 bridgehead atoms. The summed E-state index contributed by atoms with van der Waals surface area (Å²) in [6.07, 6.45) is 1.53. The van der Waals surface area contributed by atoms with Crippen molar-refractivity contribution in [3.05, 3.63) is 53.6 Å². The summed E-state index contributed by atoms with van der Waals surface area (Å²) in [4.78, 5) is 25.8. The van der Waals surface area contributed by atoms with E-state index in [9.17, 15) is 14.9 Å². The molecule has 37 heavy (non-hydrogen) atoms. The zero-order chi connectivity index (χ0) is 27.6. The van der Waals surface area contributed by atoms with Crippen LogP contribution < -0.4 is 25.3 Å². The molecule has 0 aliphatic rings. The van der Waals surface area contributed by atoms with E-state index >= 15 is 0 Å². The number of carbonyl (C=O) groups excluding carboxylic acids is 2. The normalized spacial score (nSPS) is 12.2. The minimum absolute atomic E-state index is 0.119. The molecule has 2 aromatic rings. The van der Waals surface area contributed by atoms with Crippen LogP contribution in [0.4, 0.5) is 5.69 Å². The maximum absolute atomic E-state index is 13.1. The minimum Gasteiger partial charge on any atom is -0.495 e. The summed E-state index contributed by atoms with van der Waals surface area (Å²) in [6, 6.07) is 12.6. The van der Waals surface area contributed by atoms with Crippen LogP contribution in [0.3, 0.4) is 0 Å². The number of amides is 1. The number of hydrogen-bond donors (Lipinski definition) is 2. The first-order valence-electron chi connectivity index (χ1n) is 11.9. The van der Waals surface area contributed by atoms with E-state index in [4.69, 9.17) is 24.7 Å². The van der Waals surface area contributed by atoms with Crippen LogP contribution in [0, 0.1) is 17.2 Å². The molecule has 9 nitrogen and oxygen atoms in total. The lowest BCUT2D eigenvalue weighted by molar-refractivity contribution is -0.161. The van der Waals surface area contributed by atoms with Crippen molar-refractivity contribution in [3.63, 3.8) is 0 Å². The Hall–Kier alpha value is -4.03. The highest BCUT2D eigenvalue weighted by Crippen LogP contribution is 2.36. The van der Waals surface area contributed by atoms with Crippen LogP contribution in [0.2, 0.25) is 0 Å². The number of rotatable bonds is 11. The molecule has 0 spiro atoms. The number of nitrogens with zero attached hydrogens (tertiary/aromatic N) is 1. The van der Waals surface area contributed by atoms with Gasteiger partial charge >= 0.3 is 5.97 Å². The third kappa shape index (κ3) is 7.98. The third-order valence-corrected chi connectivity index (χ3v) is 5.21. The number of hydrogen-bond acceptors (Lipinski definition) is 8. The first-order chi connectivity index (χ1) is 17.6. The second-order valence-electron chi connectivity index (χ2n) is 9.05. The second-order valence-corrected chi connectivity index (χ2v) is 9.05.